The number of amides is 1. The summed E-state index contributed by atoms with van der Waals surface area (Å²) in [5.74, 6) is 0.332. The largest absolute Gasteiger partial charge is 0.349 e. The van der Waals surface area contributed by atoms with Crippen molar-refractivity contribution in [3.8, 4) is 0 Å². The van der Waals surface area contributed by atoms with Crippen LogP contribution in [0.1, 0.15) is 36.0 Å². The zero-order chi connectivity index (χ0) is 17.4. The van der Waals surface area contributed by atoms with Crippen LogP contribution in [-0.4, -0.2) is 48.3 Å². The van der Waals surface area contributed by atoms with Crippen molar-refractivity contribution >= 4 is 38.4 Å². The molecular formula is C17H21N3O3S2. The van der Waals surface area contributed by atoms with Gasteiger partial charge in [-0.25, -0.2) is 8.42 Å². The van der Waals surface area contributed by atoms with E-state index in [1.54, 1.807) is 12.1 Å². The number of thioether (sulfide) groups is 1. The summed E-state index contributed by atoms with van der Waals surface area (Å²) in [5, 5.41) is 7.09. The molecule has 3 aliphatic rings. The van der Waals surface area contributed by atoms with Gasteiger partial charge in [-0.15, -0.1) is 0 Å². The predicted molar refractivity (Wildman–Crippen MR) is 101 cm³/mol. The number of amidine groups is 1. The minimum atomic E-state index is -2.93. The maximum absolute atomic E-state index is 12.2. The third-order valence-corrected chi connectivity index (χ3v) is 8.05. The van der Waals surface area contributed by atoms with E-state index < -0.39 is 9.84 Å². The van der Waals surface area contributed by atoms with Crippen LogP contribution in [0.25, 0.3) is 0 Å². The number of benzene rings is 1. The van der Waals surface area contributed by atoms with Crippen molar-refractivity contribution in [2.75, 3.05) is 16.8 Å². The van der Waals surface area contributed by atoms with E-state index in [1.165, 1.54) is 24.6 Å². The van der Waals surface area contributed by atoms with Gasteiger partial charge in [0.25, 0.3) is 5.91 Å². The Bertz CT molecular complexity index is 799. The third-order valence-electron chi connectivity index (χ3n) is 4.91. The van der Waals surface area contributed by atoms with Crippen LogP contribution in [0.2, 0.25) is 0 Å². The van der Waals surface area contributed by atoms with E-state index in [-0.39, 0.29) is 28.7 Å². The Kier molecular flexibility index (Phi) is 4.49. The lowest BCUT2D eigenvalue weighted by molar-refractivity contribution is 0.0938. The SMILES string of the molecule is O=C(NC1CCCC1)c1ccc(NC2=N[C@H]3CS(=O)(=O)C[C@H]3S2)cc1. The number of fused-ring (bicyclic) bond motifs is 1. The summed E-state index contributed by atoms with van der Waals surface area (Å²) in [6.45, 7) is 0. The molecule has 1 amide bonds. The molecule has 0 spiro atoms. The number of hydrogen-bond donors (Lipinski definition) is 2. The highest BCUT2D eigenvalue weighted by atomic mass is 32.2. The summed E-state index contributed by atoms with van der Waals surface area (Å²) < 4.78 is 23.2. The standard InChI is InChI=1S/C17H21N3O3S2/c21-16(18-12-3-1-2-4-12)11-5-7-13(8-6-11)19-17-20-14-9-25(22,23)10-15(14)24-17/h5-8,12,14-15H,1-4,9-10H2,(H,18,21)(H,19,20)/t14-,15+/m0/s1. The molecule has 0 aromatic heterocycles. The second kappa shape index (κ2) is 6.64. The van der Waals surface area contributed by atoms with Gasteiger partial charge in [0.1, 0.15) is 0 Å². The lowest BCUT2D eigenvalue weighted by Crippen LogP contribution is -2.32. The number of hydrogen-bond acceptors (Lipinski definition) is 6. The first kappa shape index (κ1) is 16.9. The van der Waals surface area contributed by atoms with E-state index in [4.69, 9.17) is 0 Å². The molecule has 2 atom stereocenters. The molecular weight excluding hydrogens is 358 g/mol. The Hall–Kier alpha value is -1.54. The predicted octanol–water partition coefficient (Wildman–Crippen LogP) is 2.04. The van der Waals surface area contributed by atoms with Gasteiger partial charge in [0, 0.05) is 22.5 Å². The van der Waals surface area contributed by atoms with E-state index >= 15 is 0 Å². The number of rotatable bonds is 3. The number of sulfone groups is 1. The first-order valence-electron chi connectivity index (χ1n) is 8.61. The minimum absolute atomic E-state index is 0.0224. The number of nitrogens with one attached hydrogen (secondary N) is 2. The molecule has 0 unspecified atom stereocenters. The molecule has 2 aliphatic heterocycles. The number of carbonyl (C=O) groups is 1. The number of carbonyl (C=O) groups excluding carboxylic acids is 1. The normalized spacial score (nSPS) is 27.8. The molecule has 1 aliphatic carbocycles. The van der Waals surface area contributed by atoms with E-state index in [0.717, 1.165) is 23.7 Å². The van der Waals surface area contributed by atoms with Crippen LogP contribution in [0.3, 0.4) is 0 Å². The molecule has 134 valence electrons. The van der Waals surface area contributed by atoms with Crippen LogP contribution in [0.15, 0.2) is 29.3 Å². The van der Waals surface area contributed by atoms with Crippen molar-refractivity contribution in [1.82, 2.24) is 5.32 Å². The van der Waals surface area contributed by atoms with Crippen LogP contribution in [0, 0.1) is 0 Å². The quantitative estimate of drug-likeness (QED) is 0.839. The first-order valence-corrected chi connectivity index (χ1v) is 11.3. The van der Waals surface area contributed by atoms with Crippen LogP contribution in [-0.2, 0) is 9.84 Å². The second-order valence-electron chi connectivity index (χ2n) is 6.89. The topological polar surface area (TPSA) is 87.6 Å². The Morgan fingerprint density at radius 1 is 1.12 bits per heavy atom. The fourth-order valence-electron chi connectivity index (χ4n) is 3.58. The maximum atomic E-state index is 12.2. The average Bonchev–Trinajstić information content (AvgIpc) is 3.23. The molecule has 8 heteroatoms. The summed E-state index contributed by atoms with van der Waals surface area (Å²) in [7, 11) is -2.93. The highest BCUT2D eigenvalue weighted by molar-refractivity contribution is 8.15. The van der Waals surface area contributed by atoms with E-state index in [0.29, 0.717) is 11.6 Å². The van der Waals surface area contributed by atoms with Gasteiger partial charge in [-0.05, 0) is 37.1 Å². The molecule has 6 nitrogen and oxygen atoms in total. The smallest absolute Gasteiger partial charge is 0.251 e. The molecule has 0 bridgehead atoms. The summed E-state index contributed by atoms with van der Waals surface area (Å²) in [6, 6.07) is 7.50. The van der Waals surface area contributed by atoms with Gasteiger partial charge in [0.05, 0.1) is 17.5 Å². The molecule has 2 fully saturated rings. The number of nitrogens with zero attached hydrogens (tertiary/aromatic N) is 1. The van der Waals surface area contributed by atoms with Crippen LogP contribution >= 0.6 is 11.8 Å². The average molecular weight is 380 g/mol. The summed E-state index contributed by atoms with van der Waals surface area (Å²) in [5.41, 5.74) is 1.51. The monoisotopic (exact) mass is 379 g/mol. The van der Waals surface area contributed by atoms with Crippen LogP contribution in [0.4, 0.5) is 5.69 Å². The maximum Gasteiger partial charge on any atom is 0.251 e. The van der Waals surface area contributed by atoms with Crippen molar-refractivity contribution in [1.29, 1.82) is 0 Å². The molecule has 1 saturated carbocycles. The van der Waals surface area contributed by atoms with E-state index in [2.05, 4.69) is 15.6 Å². The Labute approximate surface area is 151 Å². The molecule has 1 aromatic rings. The van der Waals surface area contributed by atoms with Crippen molar-refractivity contribution < 1.29 is 13.2 Å². The Morgan fingerprint density at radius 3 is 2.52 bits per heavy atom. The van der Waals surface area contributed by atoms with Crippen molar-refractivity contribution in [3.05, 3.63) is 29.8 Å². The molecule has 2 N–H and O–H groups in total. The van der Waals surface area contributed by atoms with Crippen LogP contribution < -0.4 is 10.6 Å². The van der Waals surface area contributed by atoms with Gasteiger partial charge < -0.3 is 10.6 Å². The molecule has 1 saturated heterocycles. The van der Waals surface area contributed by atoms with Gasteiger partial charge in [0.15, 0.2) is 15.0 Å². The minimum Gasteiger partial charge on any atom is -0.349 e. The molecule has 0 radical (unpaired) electrons. The van der Waals surface area contributed by atoms with E-state index in [9.17, 15) is 13.2 Å². The Balaban J connectivity index is 1.36. The summed E-state index contributed by atoms with van der Waals surface area (Å²) >= 11 is 1.49. The second-order valence-corrected chi connectivity index (χ2v) is 10.3. The molecule has 1 aromatic carbocycles. The first-order chi connectivity index (χ1) is 12.0. The van der Waals surface area contributed by atoms with Gasteiger partial charge in [-0.2, -0.15) is 0 Å². The lowest BCUT2D eigenvalue weighted by Gasteiger charge is -2.12. The molecule has 4 rings (SSSR count). The summed E-state index contributed by atoms with van der Waals surface area (Å²) in [6.07, 6.45) is 4.52. The fourth-order valence-corrected chi connectivity index (χ4v) is 7.26. The summed E-state index contributed by atoms with van der Waals surface area (Å²) in [4.78, 5) is 16.7. The lowest BCUT2D eigenvalue weighted by atomic mass is 10.1. The number of aliphatic imine (C=N–C) groups is 1. The zero-order valence-electron chi connectivity index (χ0n) is 13.8. The van der Waals surface area contributed by atoms with Crippen LogP contribution in [0.5, 0.6) is 0 Å². The van der Waals surface area contributed by atoms with Gasteiger partial charge in [-0.1, -0.05) is 24.6 Å². The van der Waals surface area contributed by atoms with E-state index in [1.807, 2.05) is 12.1 Å². The van der Waals surface area contributed by atoms with Crippen molar-refractivity contribution in [2.45, 2.75) is 43.0 Å². The molecule has 25 heavy (non-hydrogen) atoms. The zero-order valence-corrected chi connectivity index (χ0v) is 15.4. The van der Waals surface area contributed by atoms with Gasteiger partial charge >= 0.3 is 0 Å². The molecule has 2 heterocycles. The number of anilines is 1. The highest BCUT2D eigenvalue weighted by Crippen LogP contribution is 2.34. The third kappa shape index (κ3) is 3.84. The van der Waals surface area contributed by atoms with Gasteiger partial charge in [0.2, 0.25) is 0 Å². The fraction of sp³-hybridized carbons (Fsp3) is 0.529. The van der Waals surface area contributed by atoms with Crippen molar-refractivity contribution in [2.24, 2.45) is 4.99 Å². The highest BCUT2D eigenvalue weighted by Gasteiger charge is 2.42. The Morgan fingerprint density at radius 2 is 1.84 bits per heavy atom. The van der Waals surface area contributed by atoms with Crippen molar-refractivity contribution in [3.63, 3.8) is 0 Å². The van der Waals surface area contributed by atoms with Gasteiger partial charge in [-0.3, -0.25) is 9.79 Å².